The van der Waals surface area contributed by atoms with E-state index >= 15 is 0 Å². The van der Waals surface area contributed by atoms with Gasteiger partial charge in [0, 0.05) is 30.7 Å². The van der Waals surface area contributed by atoms with E-state index in [9.17, 15) is 14.0 Å². The summed E-state index contributed by atoms with van der Waals surface area (Å²) in [6.07, 6.45) is 0. The van der Waals surface area contributed by atoms with E-state index in [1.54, 1.807) is 16.5 Å². The Labute approximate surface area is 156 Å². The van der Waals surface area contributed by atoms with Crippen LogP contribution in [0.4, 0.5) is 9.52 Å². The summed E-state index contributed by atoms with van der Waals surface area (Å²) in [4.78, 5) is 27.9. The minimum atomic E-state index is -0.543. The Balaban J connectivity index is 1.51. The molecule has 132 valence electrons. The summed E-state index contributed by atoms with van der Waals surface area (Å²) in [5.41, 5.74) is 1.60. The fourth-order valence-corrected chi connectivity index (χ4v) is 3.33. The maximum atomic E-state index is 13.9. The predicted octanol–water partition coefficient (Wildman–Crippen LogP) is 1.84. The van der Waals surface area contributed by atoms with Gasteiger partial charge in [-0.2, -0.15) is 0 Å². The average molecular weight is 428 g/mol. The molecule has 0 radical (unpaired) electrons. The van der Waals surface area contributed by atoms with E-state index in [0.717, 1.165) is 0 Å². The van der Waals surface area contributed by atoms with Crippen molar-refractivity contribution in [2.45, 2.75) is 0 Å². The number of hydrogen-bond acceptors (Lipinski definition) is 6. The highest BCUT2D eigenvalue weighted by Gasteiger charge is 2.25. The van der Waals surface area contributed by atoms with Gasteiger partial charge < -0.3 is 4.90 Å². The van der Waals surface area contributed by atoms with Gasteiger partial charge in [0.15, 0.2) is 0 Å². The quantitative estimate of drug-likeness (QED) is 0.804. The summed E-state index contributed by atoms with van der Waals surface area (Å²) in [7, 11) is 0. The lowest BCUT2D eigenvalue weighted by Gasteiger charge is -2.34. The summed E-state index contributed by atoms with van der Waals surface area (Å²) < 4.78 is 14.5. The minimum absolute atomic E-state index is 0.0608. The first-order valence-electron chi connectivity index (χ1n) is 7.55. The fraction of sp³-hybridized carbons (Fsp3) is 0.333. The van der Waals surface area contributed by atoms with Crippen molar-refractivity contribution >= 4 is 44.2 Å². The number of hydrogen-bond donors (Lipinski definition) is 1. The Morgan fingerprint density at radius 3 is 2.68 bits per heavy atom. The second-order valence-corrected chi connectivity index (χ2v) is 7.23. The first-order valence-corrected chi connectivity index (χ1v) is 9.23. The van der Waals surface area contributed by atoms with Gasteiger partial charge in [-0.05, 0) is 18.2 Å². The monoisotopic (exact) mass is 427 g/mol. The van der Waals surface area contributed by atoms with Crippen LogP contribution in [0, 0.1) is 5.82 Å². The number of piperazine rings is 1. The van der Waals surface area contributed by atoms with Gasteiger partial charge in [0.2, 0.25) is 11.0 Å². The number of carbonyl (C=O) groups excluding carboxylic acids is 2. The molecule has 1 fully saturated rings. The highest BCUT2D eigenvalue weighted by Crippen LogP contribution is 2.18. The molecule has 1 saturated heterocycles. The highest BCUT2D eigenvalue weighted by atomic mass is 79.9. The largest absolute Gasteiger partial charge is 0.336 e. The van der Waals surface area contributed by atoms with Crippen molar-refractivity contribution in [3.05, 3.63) is 39.6 Å². The number of carbonyl (C=O) groups is 2. The molecule has 0 bridgehead atoms. The molecule has 2 amide bonds. The van der Waals surface area contributed by atoms with E-state index in [1.165, 1.54) is 23.5 Å². The number of rotatable bonds is 4. The maximum Gasteiger partial charge on any atom is 0.256 e. The summed E-state index contributed by atoms with van der Waals surface area (Å²) in [6.45, 7) is 2.20. The van der Waals surface area contributed by atoms with Crippen molar-refractivity contribution in [1.82, 2.24) is 20.0 Å². The molecule has 2 heterocycles. The van der Waals surface area contributed by atoms with Gasteiger partial charge in [0.1, 0.15) is 11.3 Å². The molecule has 2 aromatic rings. The molecular weight excluding hydrogens is 413 g/mol. The van der Waals surface area contributed by atoms with Crippen molar-refractivity contribution in [3.63, 3.8) is 0 Å². The van der Waals surface area contributed by atoms with Gasteiger partial charge in [-0.15, -0.1) is 10.2 Å². The number of amides is 2. The van der Waals surface area contributed by atoms with Crippen LogP contribution in [0.1, 0.15) is 10.4 Å². The lowest BCUT2D eigenvalue weighted by atomic mass is 10.1. The lowest BCUT2D eigenvalue weighted by Crippen LogP contribution is -2.50. The third kappa shape index (κ3) is 4.59. The van der Waals surface area contributed by atoms with Crippen molar-refractivity contribution < 1.29 is 14.0 Å². The van der Waals surface area contributed by atoms with Gasteiger partial charge in [0.05, 0.1) is 12.1 Å². The molecule has 1 N–H and O–H groups in total. The molecule has 0 atom stereocenters. The van der Waals surface area contributed by atoms with Crippen LogP contribution in [0.3, 0.4) is 0 Å². The second kappa shape index (κ2) is 7.98. The van der Waals surface area contributed by atoms with Gasteiger partial charge in [-0.1, -0.05) is 27.3 Å². The number of benzene rings is 1. The molecule has 10 heteroatoms. The Kier molecular flexibility index (Phi) is 5.71. The summed E-state index contributed by atoms with van der Waals surface area (Å²) in [6, 6.07) is 4.40. The molecule has 0 unspecified atom stereocenters. The zero-order valence-corrected chi connectivity index (χ0v) is 15.5. The molecule has 25 heavy (non-hydrogen) atoms. The SMILES string of the molecule is O=C(CN1CCN(C(=O)c2ccc(Br)cc2F)CC1)Nc1nncs1. The van der Waals surface area contributed by atoms with E-state index in [4.69, 9.17) is 0 Å². The van der Waals surface area contributed by atoms with Crippen molar-refractivity contribution in [2.75, 3.05) is 38.0 Å². The molecule has 3 rings (SSSR count). The zero-order valence-electron chi connectivity index (χ0n) is 13.1. The topological polar surface area (TPSA) is 78.4 Å². The van der Waals surface area contributed by atoms with E-state index < -0.39 is 5.82 Å². The van der Waals surface area contributed by atoms with Crippen LogP contribution in [-0.2, 0) is 4.79 Å². The molecule has 7 nitrogen and oxygen atoms in total. The standard InChI is InChI=1S/C15H15BrFN5O2S/c16-10-1-2-11(12(17)7-10)14(24)22-5-3-21(4-6-22)8-13(23)19-15-20-18-9-25-15/h1-2,7,9H,3-6,8H2,(H,19,20,23). The smallest absolute Gasteiger partial charge is 0.256 e. The molecule has 1 aromatic heterocycles. The number of nitrogens with one attached hydrogen (secondary N) is 1. The molecule has 0 saturated carbocycles. The Morgan fingerprint density at radius 2 is 2.04 bits per heavy atom. The van der Waals surface area contributed by atoms with Crippen LogP contribution in [0.5, 0.6) is 0 Å². The first-order chi connectivity index (χ1) is 12.0. The third-order valence-corrected chi connectivity index (χ3v) is 4.89. The van der Waals surface area contributed by atoms with Crippen molar-refractivity contribution in [1.29, 1.82) is 0 Å². The van der Waals surface area contributed by atoms with Crippen LogP contribution in [0.15, 0.2) is 28.2 Å². The van der Waals surface area contributed by atoms with Crippen molar-refractivity contribution in [2.24, 2.45) is 0 Å². The predicted molar refractivity (Wildman–Crippen MR) is 95.0 cm³/mol. The number of aromatic nitrogens is 2. The minimum Gasteiger partial charge on any atom is -0.336 e. The van der Waals surface area contributed by atoms with Crippen LogP contribution in [0.2, 0.25) is 0 Å². The molecule has 1 aliphatic rings. The van der Waals surface area contributed by atoms with E-state index in [-0.39, 0.29) is 23.9 Å². The van der Waals surface area contributed by atoms with Crippen LogP contribution < -0.4 is 5.32 Å². The molecule has 0 aliphatic carbocycles. The normalized spacial score (nSPS) is 15.2. The summed E-state index contributed by atoms with van der Waals surface area (Å²) >= 11 is 4.43. The maximum absolute atomic E-state index is 13.9. The molecular formula is C15H15BrFN5O2S. The zero-order chi connectivity index (χ0) is 17.8. The van der Waals surface area contributed by atoms with E-state index in [0.29, 0.717) is 35.8 Å². The lowest BCUT2D eigenvalue weighted by molar-refractivity contribution is -0.117. The number of halogens is 2. The molecule has 1 aliphatic heterocycles. The van der Waals surface area contributed by atoms with E-state index in [1.807, 2.05) is 4.90 Å². The third-order valence-electron chi connectivity index (χ3n) is 3.79. The highest BCUT2D eigenvalue weighted by molar-refractivity contribution is 9.10. The molecule has 0 spiro atoms. The Morgan fingerprint density at radius 1 is 1.28 bits per heavy atom. The van der Waals surface area contributed by atoms with Gasteiger partial charge in [-0.25, -0.2) is 4.39 Å². The van der Waals surface area contributed by atoms with Crippen LogP contribution in [-0.4, -0.2) is 64.5 Å². The van der Waals surface area contributed by atoms with Crippen molar-refractivity contribution in [3.8, 4) is 0 Å². The van der Waals surface area contributed by atoms with Gasteiger partial charge >= 0.3 is 0 Å². The molecule has 1 aromatic carbocycles. The van der Waals surface area contributed by atoms with Gasteiger partial charge in [0.25, 0.3) is 5.91 Å². The Bertz CT molecular complexity index is 765. The number of nitrogens with zero attached hydrogens (tertiary/aromatic N) is 4. The van der Waals surface area contributed by atoms with E-state index in [2.05, 4.69) is 31.4 Å². The Hall–Kier alpha value is -1.91. The fourth-order valence-electron chi connectivity index (χ4n) is 2.53. The van der Waals surface area contributed by atoms with Crippen LogP contribution in [0.25, 0.3) is 0 Å². The average Bonchev–Trinajstić information content (AvgIpc) is 3.08. The summed E-state index contributed by atoms with van der Waals surface area (Å²) in [5.74, 6) is -1.04. The summed E-state index contributed by atoms with van der Waals surface area (Å²) in [5, 5.41) is 10.5. The van der Waals surface area contributed by atoms with Gasteiger partial charge in [-0.3, -0.25) is 19.8 Å². The first kappa shape index (κ1) is 17.9. The van der Waals surface area contributed by atoms with Crippen LogP contribution >= 0.6 is 27.3 Å². The number of anilines is 1. The second-order valence-electron chi connectivity index (χ2n) is 5.48.